The van der Waals surface area contributed by atoms with E-state index in [4.69, 9.17) is 9.47 Å². The van der Waals surface area contributed by atoms with Crippen molar-refractivity contribution in [2.24, 2.45) is 0 Å². The molecule has 0 aromatic heterocycles. The number of esters is 1. The number of carbonyl (C=O) groups is 2. The first kappa shape index (κ1) is 18.9. The topological polar surface area (TPSA) is 64.6 Å². The molecular formula is C18H17BrFNO4. The van der Waals surface area contributed by atoms with E-state index in [0.717, 1.165) is 11.1 Å². The van der Waals surface area contributed by atoms with Gasteiger partial charge in [0.15, 0.2) is 13.2 Å². The van der Waals surface area contributed by atoms with Crippen LogP contribution in [0.25, 0.3) is 0 Å². The molecule has 132 valence electrons. The summed E-state index contributed by atoms with van der Waals surface area (Å²) in [6.07, 6.45) is 0. The van der Waals surface area contributed by atoms with Gasteiger partial charge < -0.3 is 14.8 Å². The lowest BCUT2D eigenvalue weighted by Gasteiger charge is -2.10. The van der Waals surface area contributed by atoms with Crippen LogP contribution < -0.4 is 10.1 Å². The van der Waals surface area contributed by atoms with E-state index in [1.54, 1.807) is 6.07 Å². The van der Waals surface area contributed by atoms with Crippen LogP contribution in [0.3, 0.4) is 0 Å². The van der Waals surface area contributed by atoms with Gasteiger partial charge in [0.05, 0.1) is 5.69 Å². The number of carbonyl (C=O) groups excluding carboxylic acids is 2. The fourth-order valence-corrected chi connectivity index (χ4v) is 2.30. The average Bonchev–Trinajstić information content (AvgIpc) is 2.56. The highest BCUT2D eigenvalue weighted by Crippen LogP contribution is 2.20. The number of benzene rings is 2. The van der Waals surface area contributed by atoms with Crippen LogP contribution in [0.4, 0.5) is 10.1 Å². The number of halogens is 2. The molecule has 0 bridgehead atoms. The molecule has 5 nitrogen and oxygen atoms in total. The molecule has 0 unspecified atom stereocenters. The van der Waals surface area contributed by atoms with Gasteiger partial charge in [-0.1, -0.05) is 28.1 Å². The molecular weight excluding hydrogens is 393 g/mol. The normalized spacial score (nSPS) is 10.2. The monoisotopic (exact) mass is 409 g/mol. The first-order chi connectivity index (χ1) is 11.8. The zero-order valence-corrected chi connectivity index (χ0v) is 15.4. The third-order valence-corrected chi connectivity index (χ3v) is 3.75. The first-order valence-corrected chi connectivity index (χ1v) is 8.25. The van der Waals surface area contributed by atoms with E-state index in [2.05, 4.69) is 21.2 Å². The standard InChI is InChI=1S/C18H17BrFNO4/c1-11-3-4-12(2)16(7-11)24-10-18(23)25-9-17(22)21-15-6-5-13(19)8-14(15)20/h3-8H,9-10H2,1-2H3,(H,21,22). The lowest BCUT2D eigenvalue weighted by Crippen LogP contribution is -2.24. The number of nitrogens with one attached hydrogen (secondary N) is 1. The third kappa shape index (κ3) is 5.86. The molecule has 25 heavy (non-hydrogen) atoms. The summed E-state index contributed by atoms with van der Waals surface area (Å²) in [5.41, 5.74) is 1.91. The minimum absolute atomic E-state index is 0.0101. The molecule has 2 aromatic rings. The van der Waals surface area contributed by atoms with Crippen LogP contribution >= 0.6 is 15.9 Å². The molecule has 7 heteroatoms. The highest BCUT2D eigenvalue weighted by Gasteiger charge is 2.11. The van der Waals surface area contributed by atoms with Crippen LogP contribution in [0.5, 0.6) is 5.75 Å². The quantitative estimate of drug-likeness (QED) is 0.737. The highest BCUT2D eigenvalue weighted by atomic mass is 79.9. The number of anilines is 1. The van der Waals surface area contributed by atoms with Crippen molar-refractivity contribution >= 4 is 33.5 Å². The van der Waals surface area contributed by atoms with Crippen molar-refractivity contribution in [3.63, 3.8) is 0 Å². The zero-order valence-electron chi connectivity index (χ0n) is 13.8. The largest absolute Gasteiger partial charge is 0.482 e. The van der Waals surface area contributed by atoms with Gasteiger partial charge in [-0.3, -0.25) is 4.79 Å². The molecule has 0 aliphatic heterocycles. The number of amides is 1. The van der Waals surface area contributed by atoms with Crippen molar-refractivity contribution in [2.45, 2.75) is 13.8 Å². The van der Waals surface area contributed by atoms with Crippen LogP contribution in [-0.2, 0) is 14.3 Å². The third-order valence-electron chi connectivity index (χ3n) is 3.26. The van der Waals surface area contributed by atoms with E-state index in [9.17, 15) is 14.0 Å². The Kier molecular flexibility index (Phi) is 6.52. The van der Waals surface area contributed by atoms with Crippen LogP contribution in [0.1, 0.15) is 11.1 Å². The molecule has 0 fully saturated rings. The molecule has 1 amide bonds. The van der Waals surface area contributed by atoms with Gasteiger partial charge in [-0.25, -0.2) is 9.18 Å². The van der Waals surface area contributed by atoms with E-state index in [1.807, 2.05) is 32.0 Å². The van der Waals surface area contributed by atoms with Gasteiger partial charge in [0.25, 0.3) is 5.91 Å². The highest BCUT2D eigenvalue weighted by molar-refractivity contribution is 9.10. The number of aryl methyl sites for hydroxylation is 2. The summed E-state index contributed by atoms with van der Waals surface area (Å²) in [6, 6.07) is 9.85. The van der Waals surface area contributed by atoms with E-state index >= 15 is 0 Å². The van der Waals surface area contributed by atoms with Crippen LogP contribution in [0, 0.1) is 19.7 Å². The summed E-state index contributed by atoms with van der Waals surface area (Å²) in [5, 5.41) is 2.33. The predicted molar refractivity (Wildman–Crippen MR) is 95.1 cm³/mol. The maximum Gasteiger partial charge on any atom is 0.344 e. The Hall–Kier alpha value is -2.41. The van der Waals surface area contributed by atoms with Crippen LogP contribution in [0.2, 0.25) is 0 Å². The maximum absolute atomic E-state index is 13.6. The lowest BCUT2D eigenvalue weighted by molar-refractivity contribution is -0.149. The summed E-state index contributed by atoms with van der Waals surface area (Å²) in [7, 11) is 0. The number of ether oxygens (including phenoxy) is 2. The van der Waals surface area contributed by atoms with Gasteiger partial charge >= 0.3 is 5.97 Å². The summed E-state index contributed by atoms with van der Waals surface area (Å²) in [5.74, 6) is -1.33. The van der Waals surface area contributed by atoms with Gasteiger partial charge in [-0.05, 0) is 49.2 Å². The Morgan fingerprint density at radius 2 is 1.88 bits per heavy atom. The molecule has 0 radical (unpaired) electrons. The number of rotatable bonds is 6. The van der Waals surface area contributed by atoms with E-state index < -0.39 is 24.3 Å². The van der Waals surface area contributed by atoms with Crippen LogP contribution in [0.15, 0.2) is 40.9 Å². The fraction of sp³-hybridized carbons (Fsp3) is 0.222. The zero-order chi connectivity index (χ0) is 18.4. The molecule has 0 aliphatic carbocycles. The smallest absolute Gasteiger partial charge is 0.344 e. The molecule has 0 saturated heterocycles. The van der Waals surface area contributed by atoms with Crippen molar-refractivity contribution in [1.29, 1.82) is 0 Å². The molecule has 0 heterocycles. The van der Waals surface area contributed by atoms with Gasteiger partial charge in [0, 0.05) is 4.47 Å². The Bertz CT molecular complexity index is 795. The second-order valence-corrected chi connectivity index (χ2v) is 6.31. The molecule has 0 spiro atoms. The van der Waals surface area contributed by atoms with E-state index in [1.165, 1.54) is 12.1 Å². The Morgan fingerprint density at radius 3 is 2.60 bits per heavy atom. The average molecular weight is 410 g/mol. The summed E-state index contributed by atoms with van der Waals surface area (Å²) in [6.45, 7) is 2.94. The summed E-state index contributed by atoms with van der Waals surface area (Å²) < 4.78 is 24.4. The molecule has 2 aromatic carbocycles. The molecule has 2 rings (SSSR count). The van der Waals surface area contributed by atoms with E-state index in [0.29, 0.717) is 10.2 Å². The second-order valence-electron chi connectivity index (χ2n) is 5.39. The SMILES string of the molecule is Cc1ccc(C)c(OCC(=O)OCC(=O)Nc2ccc(Br)cc2F)c1. The molecule has 0 saturated carbocycles. The first-order valence-electron chi connectivity index (χ1n) is 7.45. The molecule has 1 N–H and O–H groups in total. The summed E-state index contributed by atoms with van der Waals surface area (Å²) in [4.78, 5) is 23.4. The maximum atomic E-state index is 13.6. The summed E-state index contributed by atoms with van der Waals surface area (Å²) >= 11 is 3.12. The van der Waals surface area contributed by atoms with Crippen LogP contribution in [-0.4, -0.2) is 25.1 Å². The van der Waals surface area contributed by atoms with Crippen molar-refractivity contribution < 1.29 is 23.5 Å². The molecule has 0 aliphatic rings. The Morgan fingerprint density at radius 1 is 1.12 bits per heavy atom. The number of hydrogen-bond acceptors (Lipinski definition) is 4. The Balaban J connectivity index is 1.79. The minimum Gasteiger partial charge on any atom is -0.482 e. The second kappa shape index (κ2) is 8.62. The predicted octanol–water partition coefficient (Wildman–Crippen LogP) is 3.77. The minimum atomic E-state index is -0.688. The van der Waals surface area contributed by atoms with Gasteiger partial charge in [0.2, 0.25) is 0 Å². The number of hydrogen-bond donors (Lipinski definition) is 1. The fourth-order valence-electron chi connectivity index (χ4n) is 1.96. The van der Waals surface area contributed by atoms with Gasteiger partial charge in [-0.15, -0.1) is 0 Å². The lowest BCUT2D eigenvalue weighted by atomic mass is 10.1. The van der Waals surface area contributed by atoms with E-state index in [-0.39, 0.29) is 12.3 Å². The molecule has 0 atom stereocenters. The Labute approximate surface area is 153 Å². The van der Waals surface area contributed by atoms with Gasteiger partial charge in [-0.2, -0.15) is 0 Å². The van der Waals surface area contributed by atoms with Crippen molar-refractivity contribution in [3.05, 3.63) is 57.8 Å². The van der Waals surface area contributed by atoms with Crippen molar-refractivity contribution in [2.75, 3.05) is 18.5 Å². The van der Waals surface area contributed by atoms with Crippen molar-refractivity contribution in [1.82, 2.24) is 0 Å². The van der Waals surface area contributed by atoms with Gasteiger partial charge in [0.1, 0.15) is 11.6 Å². The van der Waals surface area contributed by atoms with Crippen molar-refractivity contribution in [3.8, 4) is 5.75 Å².